The van der Waals surface area contributed by atoms with Gasteiger partial charge in [0.2, 0.25) is 0 Å². The van der Waals surface area contributed by atoms with E-state index in [-0.39, 0.29) is 0 Å². The highest BCUT2D eigenvalue weighted by Crippen LogP contribution is 2.46. The molecule has 3 nitrogen and oxygen atoms in total. The topological polar surface area (TPSA) is 19.4 Å². The molecule has 1 aromatic carbocycles. The quantitative estimate of drug-likeness (QED) is 0.866. The van der Waals surface area contributed by atoms with Crippen LogP contribution in [0.5, 0.6) is 0 Å². The number of rotatable bonds is 3. The summed E-state index contributed by atoms with van der Waals surface area (Å²) >= 11 is 0. The number of pyridine rings is 1. The maximum atomic E-state index is 4.58. The number of aromatic nitrogens is 1. The van der Waals surface area contributed by atoms with Gasteiger partial charge in [0.1, 0.15) is 0 Å². The summed E-state index contributed by atoms with van der Waals surface area (Å²) in [5.74, 6) is 1.51. The predicted molar refractivity (Wildman–Crippen MR) is 95.7 cm³/mol. The zero-order valence-electron chi connectivity index (χ0n) is 14.1. The average molecular weight is 319 g/mol. The number of likely N-dealkylation sites (tertiary alicyclic amines) is 1. The van der Waals surface area contributed by atoms with Gasteiger partial charge in [0, 0.05) is 37.3 Å². The molecule has 2 bridgehead atoms. The third-order valence-corrected chi connectivity index (χ3v) is 6.41. The first-order valence-electron chi connectivity index (χ1n) is 9.33. The van der Waals surface area contributed by atoms with Gasteiger partial charge in [-0.25, -0.2) is 0 Å². The summed E-state index contributed by atoms with van der Waals surface area (Å²) in [6.07, 6.45) is 4.68. The number of fused-ring (bicyclic) bond motifs is 2. The molecule has 0 saturated carbocycles. The second kappa shape index (κ2) is 5.98. The Hall–Kier alpha value is -1.71. The first-order valence-corrected chi connectivity index (χ1v) is 9.33. The molecule has 5 heterocycles. The Kier molecular flexibility index (Phi) is 3.64. The minimum atomic E-state index is 0.642. The lowest BCUT2D eigenvalue weighted by Crippen LogP contribution is -2.60. The SMILES string of the molecule is c1ccc([C@H]2CN(Cc3ccccn3)[C@@H]3C4CCN(CC4)[C@H]23)cc1. The normalized spacial score (nSPS) is 35.1. The molecular weight excluding hydrogens is 294 g/mol. The highest BCUT2D eigenvalue weighted by molar-refractivity contribution is 5.27. The molecule has 0 N–H and O–H groups in total. The largest absolute Gasteiger partial charge is 0.298 e. The van der Waals surface area contributed by atoms with Crippen molar-refractivity contribution in [2.75, 3.05) is 19.6 Å². The molecule has 0 amide bonds. The Morgan fingerprint density at radius 3 is 2.46 bits per heavy atom. The van der Waals surface area contributed by atoms with Crippen LogP contribution in [0, 0.1) is 5.92 Å². The zero-order valence-corrected chi connectivity index (χ0v) is 14.1. The van der Waals surface area contributed by atoms with Crippen molar-refractivity contribution in [1.82, 2.24) is 14.8 Å². The van der Waals surface area contributed by atoms with Crippen LogP contribution in [-0.4, -0.2) is 46.5 Å². The van der Waals surface area contributed by atoms with Gasteiger partial charge < -0.3 is 0 Å². The van der Waals surface area contributed by atoms with E-state index in [9.17, 15) is 0 Å². The van der Waals surface area contributed by atoms with Crippen molar-refractivity contribution in [3.63, 3.8) is 0 Å². The van der Waals surface area contributed by atoms with E-state index in [1.807, 2.05) is 12.3 Å². The molecule has 4 aliphatic rings. The summed E-state index contributed by atoms with van der Waals surface area (Å²) in [5.41, 5.74) is 2.73. The highest BCUT2D eigenvalue weighted by Gasteiger charge is 2.53. The van der Waals surface area contributed by atoms with Gasteiger partial charge in [0.05, 0.1) is 5.69 Å². The molecule has 1 aromatic heterocycles. The first-order chi connectivity index (χ1) is 11.9. The van der Waals surface area contributed by atoms with Crippen molar-refractivity contribution >= 4 is 0 Å². The third kappa shape index (κ3) is 2.38. The van der Waals surface area contributed by atoms with Crippen molar-refractivity contribution in [2.24, 2.45) is 5.92 Å². The standard InChI is InChI=1S/C21H25N3/c1-2-6-16(7-3-1)19-15-24(14-18-8-4-5-11-22-18)20-17-9-12-23(13-10-17)21(19)20/h1-8,11,17,19-21H,9-10,12-15H2/t19-,20-,21-/m1/s1. The molecule has 3 atom stereocenters. The van der Waals surface area contributed by atoms with Gasteiger partial charge in [-0.05, 0) is 49.5 Å². The molecule has 0 radical (unpaired) electrons. The third-order valence-electron chi connectivity index (χ3n) is 6.41. The molecule has 0 unspecified atom stereocenters. The Labute approximate surface area is 144 Å². The molecule has 6 rings (SSSR count). The van der Waals surface area contributed by atoms with E-state index in [0.717, 1.165) is 12.5 Å². The second-order valence-electron chi connectivity index (χ2n) is 7.62. The minimum Gasteiger partial charge on any atom is -0.298 e. The zero-order chi connectivity index (χ0) is 15.9. The molecular formula is C21H25N3. The van der Waals surface area contributed by atoms with Gasteiger partial charge in [-0.2, -0.15) is 0 Å². The van der Waals surface area contributed by atoms with Crippen LogP contribution < -0.4 is 0 Å². The Bertz CT molecular complexity index is 679. The fraction of sp³-hybridized carbons (Fsp3) is 0.476. The van der Waals surface area contributed by atoms with Crippen LogP contribution in [-0.2, 0) is 6.54 Å². The first kappa shape index (κ1) is 14.6. The maximum Gasteiger partial charge on any atom is 0.0544 e. The van der Waals surface area contributed by atoms with E-state index in [1.54, 1.807) is 0 Å². The molecule has 4 fully saturated rings. The summed E-state index contributed by atoms with van der Waals surface area (Å²) in [6, 6.07) is 18.9. The summed E-state index contributed by atoms with van der Waals surface area (Å²) < 4.78 is 0. The molecule has 2 aromatic rings. The van der Waals surface area contributed by atoms with Crippen LogP contribution in [0.2, 0.25) is 0 Å². The van der Waals surface area contributed by atoms with E-state index in [2.05, 4.69) is 57.2 Å². The lowest BCUT2D eigenvalue weighted by Gasteiger charge is -2.51. The molecule has 0 aliphatic carbocycles. The van der Waals surface area contributed by atoms with Gasteiger partial charge in [-0.15, -0.1) is 0 Å². The van der Waals surface area contributed by atoms with Crippen LogP contribution in [0.1, 0.15) is 30.0 Å². The maximum absolute atomic E-state index is 4.58. The summed E-state index contributed by atoms with van der Waals surface area (Å²) in [4.78, 5) is 10.1. The van der Waals surface area contributed by atoms with Crippen molar-refractivity contribution in [3.8, 4) is 0 Å². The van der Waals surface area contributed by atoms with Crippen LogP contribution in [0.15, 0.2) is 54.7 Å². The average Bonchev–Trinajstić information content (AvgIpc) is 3.06. The molecule has 4 aliphatic heterocycles. The predicted octanol–water partition coefficient (Wildman–Crippen LogP) is 3.14. The van der Waals surface area contributed by atoms with Crippen molar-refractivity contribution in [3.05, 3.63) is 66.0 Å². The van der Waals surface area contributed by atoms with Crippen molar-refractivity contribution < 1.29 is 0 Å². The number of hydrogen-bond donors (Lipinski definition) is 0. The van der Waals surface area contributed by atoms with Crippen LogP contribution in [0.4, 0.5) is 0 Å². The van der Waals surface area contributed by atoms with E-state index in [0.29, 0.717) is 18.0 Å². The highest BCUT2D eigenvalue weighted by atomic mass is 15.3. The Morgan fingerprint density at radius 1 is 0.917 bits per heavy atom. The minimum absolute atomic E-state index is 0.642. The van der Waals surface area contributed by atoms with Crippen LogP contribution in [0.3, 0.4) is 0 Å². The van der Waals surface area contributed by atoms with Gasteiger partial charge >= 0.3 is 0 Å². The smallest absolute Gasteiger partial charge is 0.0544 e. The van der Waals surface area contributed by atoms with Gasteiger partial charge in [0.15, 0.2) is 0 Å². The summed E-state index contributed by atoms with van der Waals surface area (Å²) in [5, 5.41) is 0. The molecule has 24 heavy (non-hydrogen) atoms. The van der Waals surface area contributed by atoms with E-state index in [4.69, 9.17) is 0 Å². The number of hydrogen-bond acceptors (Lipinski definition) is 3. The Morgan fingerprint density at radius 2 is 1.71 bits per heavy atom. The molecule has 4 saturated heterocycles. The molecule has 0 spiro atoms. The Balaban J connectivity index is 1.48. The molecule has 124 valence electrons. The number of nitrogens with zero attached hydrogens (tertiary/aromatic N) is 3. The van der Waals surface area contributed by atoms with Gasteiger partial charge in [0.25, 0.3) is 0 Å². The fourth-order valence-corrected chi connectivity index (χ4v) is 5.42. The fourth-order valence-electron chi connectivity index (χ4n) is 5.42. The van der Waals surface area contributed by atoms with E-state index >= 15 is 0 Å². The second-order valence-corrected chi connectivity index (χ2v) is 7.62. The lowest BCUT2D eigenvalue weighted by atomic mass is 9.75. The van der Waals surface area contributed by atoms with E-state index in [1.165, 1.54) is 43.7 Å². The van der Waals surface area contributed by atoms with Crippen LogP contribution >= 0.6 is 0 Å². The van der Waals surface area contributed by atoms with Crippen molar-refractivity contribution in [2.45, 2.75) is 37.4 Å². The number of piperidine rings is 3. The van der Waals surface area contributed by atoms with E-state index < -0.39 is 0 Å². The van der Waals surface area contributed by atoms with Gasteiger partial charge in [-0.3, -0.25) is 14.8 Å². The van der Waals surface area contributed by atoms with Gasteiger partial charge in [-0.1, -0.05) is 36.4 Å². The molecule has 3 heteroatoms. The summed E-state index contributed by atoms with van der Waals surface area (Å²) in [7, 11) is 0. The van der Waals surface area contributed by atoms with Crippen LogP contribution in [0.25, 0.3) is 0 Å². The van der Waals surface area contributed by atoms with Crippen molar-refractivity contribution in [1.29, 1.82) is 0 Å². The monoisotopic (exact) mass is 319 g/mol. The lowest BCUT2D eigenvalue weighted by molar-refractivity contribution is -0.00897. The summed E-state index contributed by atoms with van der Waals surface area (Å²) in [6.45, 7) is 4.76. The number of benzene rings is 1.